The maximum absolute atomic E-state index is 13.9. The highest BCUT2D eigenvalue weighted by molar-refractivity contribution is 5.78. The molecule has 0 unspecified atom stereocenters. The second-order valence-corrected chi connectivity index (χ2v) is 8.54. The summed E-state index contributed by atoms with van der Waals surface area (Å²) in [5.74, 6) is 0.681. The molecule has 0 spiro atoms. The number of carbonyl (C=O) groups is 1. The molecular formula is C25H29FN6O. The number of hydrogen-bond acceptors (Lipinski definition) is 6. The second kappa shape index (κ2) is 10.5. The van der Waals surface area contributed by atoms with Crippen molar-refractivity contribution in [1.82, 2.24) is 24.8 Å². The van der Waals surface area contributed by atoms with Crippen LogP contribution in [0.5, 0.6) is 0 Å². The first-order valence-corrected chi connectivity index (χ1v) is 11.2. The summed E-state index contributed by atoms with van der Waals surface area (Å²) in [7, 11) is 1.85. The maximum atomic E-state index is 13.9. The predicted octanol–water partition coefficient (Wildman–Crippen LogP) is 3.90. The van der Waals surface area contributed by atoms with Gasteiger partial charge >= 0.3 is 0 Å². The van der Waals surface area contributed by atoms with Gasteiger partial charge in [0.25, 0.3) is 0 Å². The molecule has 1 N–H and O–H groups in total. The first kappa shape index (κ1) is 22.8. The van der Waals surface area contributed by atoms with Gasteiger partial charge in [-0.2, -0.15) is 0 Å². The summed E-state index contributed by atoms with van der Waals surface area (Å²) in [5.41, 5.74) is 3.47. The van der Waals surface area contributed by atoms with Gasteiger partial charge in [-0.15, -0.1) is 0 Å². The van der Waals surface area contributed by atoms with Gasteiger partial charge in [-0.1, -0.05) is 18.2 Å². The molecule has 172 valence electrons. The van der Waals surface area contributed by atoms with Gasteiger partial charge < -0.3 is 10.2 Å². The highest BCUT2D eigenvalue weighted by Crippen LogP contribution is 2.29. The van der Waals surface area contributed by atoms with Crippen molar-refractivity contribution in [2.75, 3.05) is 32.0 Å². The largest absolute Gasteiger partial charge is 0.342 e. The summed E-state index contributed by atoms with van der Waals surface area (Å²) in [6, 6.07) is 12.5. The highest BCUT2D eigenvalue weighted by Gasteiger charge is 2.25. The van der Waals surface area contributed by atoms with Crippen molar-refractivity contribution in [2.45, 2.75) is 32.2 Å². The fraction of sp³-hybridized carbons (Fsp3) is 0.360. The van der Waals surface area contributed by atoms with E-state index in [-0.39, 0.29) is 18.3 Å². The van der Waals surface area contributed by atoms with E-state index in [0.29, 0.717) is 37.1 Å². The summed E-state index contributed by atoms with van der Waals surface area (Å²) >= 11 is 0. The number of likely N-dealkylation sites (N-methyl/N-ethyl adjacent to an activating group) is 1. The molecule has 1 amide bonds. The number of rotatable bonds is 7. The molecule has 1 aliphatic heterocycles. The van der Waals surface area contributed by atoms with Crippen molar-refractivity contribution < 1.29 is 9.18 Å². The van der Waals surface area contributed by atoms with Crippen molar-refractivity contribution in [3.63, 3.8) is 0 Å². The SMILES string of the molecule is Cc1cc(Nc2ncccn2)cc(C2CCN(C(=O)CN(C)Cc3ccccc3F)CC2)n1. The number of carbonyl (C=O) groups excluding carboxylic acids is 1. The number of hydrogen-bond donors (Lipinski definition) is 1. The zero-order valence-electron chi connectivity index (χ0n) is 19.0. The molecular weight excluding hydrogens is 419 g/mol. The number of likely N-dealkylation sites (tertiary alicyclic amines) is 1. The molecule has 1 aliphatic rings. The lowest BCUT2D eigenvalue weighted by Crippen LogP contribution is -2.43. The Hall–Kier alpha value is -3.39. The van der Waals surface area contributed by atoms with Gasteiger partial charge in [0.1, 0.15) is 5.82 Å². The summed E-state index contributed by atoms with van der Waals surface area (Å²) in [4.78, 5) is 29.7. The number of anilines is 2. The first-order valence-electron chi connectivity index (χ1n) is 11.2. The number of aryl methyl sites for hydroxylation is 1. The van der Waals surface area contributed by atoms with Crippen molar-refractivity contribution in [3.8, 4) is 0 Å². The number of nitrogens with one attached hydrogen (secondary N) is 1. The van der Waals surface area contributed by atoms with Crippen LogP contribution in [0.1, 0.15) is 35.7 Å². The second-order valence-electron chi connectivity index (χ2n) is 8.54. The molecule has 0 atom stereocenters. The Bertz CT molecular complexity index is 1090. The molecule has 3 aromatic rings. The zero-order valence-corrected chi connectivity index (χ0v) is 19.0. The van der Waals surface area contributed by atoms with E-state index in [1.807, 2.05) is 42.0 Å². The van der Waals surface area contributed by atoms with Gasteiger partial charge in [-0.3, -0.25) is 14.7 Å². The molecule has 8 heteroatoms. The van der Waals surface area contributed by atoms with E-state index in [1.165, 1.54) is 6.07 Å². The zero-order chi connectivity index (χ0) is 23.2. The fourth-order valence-electron chi connectivity index (χ4n) is 4.20. The Kier molecular flexibility index (Phi) is 7.24. The summed E-state index contributed by atoms with van der Waals surface area (Å²) in [6.07, 6.45) is 5.12. The Labute approximate surface area is 193 Å². The Balaban J connectivity index is 1.32. The van der Waals surface area contributed by atoms with Gasteiger partial charge in [0, 0.05) is 60.6 Å². The fourth-order valence-corrected chi connectivity index (χ4v) is 4.20. The first-order chi connectivity index (χ1) is 16.0. The van der Waals surface area contributed by atoms with E-state index >= 15 is 0 Å². The minimum atomic E-state index is -0.240. The molecule has 1 saturated heterocycles. The number of aromatic nitrogens is 3. The van der Waals surface area contributed by atoms with Crippen molar-refractivity contribution >= 4 is 17.5 Å². The Morgan fingerprint density at radius 2 is 1.88 bits per heavy atom. The van der Waals surface area contributed by atoms with E-state index in [2.05, 4.69) is 15.3 Å². The average molecular weight is 449 g/mol. The van der Waals surface area contributed by atoms with Crippen molar-refractivity contribution in [2.24, 2.45) is 0 Å². The van der Waals surface area contributed by atoms with E-state index in [0.717, 1.165) is 29.9 Å². The molecule has 3 heterocycles. The number of amides is 1. The minimum absolute atomic E-state index is 0.0769. The third-order valence-electron chi connectivity index (χ3n) is 5.86. The van der Waals surface area contributed by atoms with Crippen LogP contribution in [0.3, 0.4) is 0 Å². The lowest BCUT2D eigenvalue weighted by Gasteiger charge is -2.33. The van der Waals surface area contributed by atoms with Gasteiger partial charge in [0.05, 0.1) is 6.54 Å². The summed E-state index contributed by atoms with van der Waals surface area (Å²) < 4.78 is 13.9. The molecule has 2 aromatic heterocycles. The molecule has 0 bridgehead atoms. The van der Waals surface area contributed by atoms with Crippen LogP contribution < -0.4 is 5.32 Å². The Morgan fingerprint density at radius 1 is 1.15 bits per heavy atom. The van der Waals surface area contributed by atoms with Crippen LogP contribution in [-0.4, -0.2) is 57.3 Å². The van der Waals surface area contributed by atoms with Crippen LogP contribution in [0.4, 0.5) is 16.0 Å². The van der Waals surface area contributed by atoms with Gasteiger partial charge in [-0.05, 0) is 51.1 Å². The molecule has 0 radical (unpaired) electrons. The third kappa shape index (κ3) is 6.10. The van der Waals surface area contributed by atoms with Gasteiger partial charge in [0.15, 0.2) is 0 Å². The van der Waals surface area contributed by atoms with Gasteiger partial charge in [-0.25, -0.2) is 14.4 Å². The number of halogens is 1. The van der Waals surface area contributed by atoms with Crippen LogP contribution in [0, 0.1) is 12.7 Å². The molecule has 4 rings (SSSR count). The van der Waals surface area contributed by atoms with Crippen LogP contribution in [0.15, 0.2) is 54.9 Å². The number of piperidine rings is 1. The lowest BCUT2D eigenvalue weighted by atomic mass is 9.92. The molecule has 0 aliphatic carbocycles. The topological polar surface area (TPSA) is 74.2 Å². The van der Waals surface area contributed by atoms with E-state index < -0.39 is 0 Å². The molecule has 33 heavy (non-hydrogen) atoms. The van der Waals surface area contributed by atoms with E-state index in [1.54, 1.807) is 30.6 Å². The maximum Gasteiger partial charge on any atom is 0.236 e. The quantitative estimate of drug-likeness (QED) is 0.591. The minimum Gasteiger partial charge on any atom is -0.342 e. The summed E-state index contributed by atoms with van der Waals surface area (Å²) in [6.45, 7) is 4.04. The standard InChI is InChI=1S/C25H29FN6O/c1-18-14-21(30-25-27-10-5-11-28-25)15-23(29-18)19-8-12-32(13-9-19)24(33)17-31(2)16-20-6-3-4-7-22(20)26/h3-7,10-11,14-15,19H,8-9,12-13,16-17H2,1-2H3,(H,27,28,29,30). The van der Waals surface area contributed by atoms with Gasteiger partial charge in [0.2, 0.25) is 11.9 Å². The number of benzene rings is 1. The third-order valence-corrected chi connectivity index (χ3v) is 5.86. The normalized spacial score (nSPS) is 14.5. The molecule has 1 aromatic carbocycles. The monoisotopic (exact) mass is 448 g/mol. The van der Waals surface area contributed by atoms with E-state index in [4.69, 9.17) is 4.98 Å². The van der Waals surface area contributed by atoms with Crippen molar-refractivity contribution in [1.29, 1.82) is 0 Å². The molecule has 7 nitrogen and oxygen atoms in total. The highest BCUT2D eigenvalue weighted by atomic mass is 19.1. The van der Waals surface area contributed by atoms with E-state index in [9.17, 15) is 9.18 Å². The van der Waals surface area contributed by atoms with Crippen LogP contribution in [0.2, 0.25) is 0 Å². The van der Waals surface area contributed by atoms with Crippen LogP contribution in [0.25, 0.3) is 0 Å². The Morgan fingerprint density at radius 3 is 2.61 bits per heavy atom. The van der Waals surface area contributed by atoms with Crippen LogP contribution in [-0.2, 0) is 11.3 Å². The van der Waals surface area contributed by atoms with Crippen molar-refractivity contribution in [3.05, 3.63) is 77.6 Å². The molecule has 1 fully saturated rings. The smallest absolute Gasteiger partial charge is 0.236 e. The van der Waals surface area contributed by atoms with Crippen LogP contribution >= 0.6 is 0 Å². The lowest BCUT2D eigenvalue weighted by molar-refractivity contribution is -0.133. The average Bonchev–Trinajstić information content (AvgIpc) is 2.81. The number of nitrogens with zero attached hydrogens (tertiary/aromatic N) is 5. The number of pyridine rings is 1. The predicted molar refractivity (Wildman–Crippen MR) is 126 cm³/mol. The molecule has 0 saturated carbocycles. The summed E-state index contributed by atoms with van der Waals surface area (Å²) in [5, 5.41) is 3.24.